The topological polar surface area (TPSA) is 61.8 Å². The van der Waals surface area contributed by atoms with E-state index in [0.717, 1.165) is 16.8 Å². The third-order valence-electron chi connectivity index (χ3n) is 3.04. The molecule has 1 aliphatic carbocycles. The maximum absolute atomic E-state index is 9.56. The first-order valence-corrected chi connectivity index (χ1v) is 5.71. The Hall–Kier alpha value is -2.54. The number of allylic oxidation sites excluding steroid dienone is 1. The van der Waals surface area contributed by atoms with Crippen LogP contribution in [0.15, 0.2) is 36.1 Å². The van der Waals surface area contributed by atoms with Gasteiger partial charge in [-0.25, -0.2) is 0 Å². The molecule has 0 atom stereocenters. The Morgan fingerprint density at radius 2 is 2.11 bits per heavy atom. The van der Waals surface area contributed by atoms with Crippen LogP contribution in [0.5, 0.6) is 0 Å². The Morgan fingerprint density at radius 3 is 2.83 bits per heavy atom. The molecule has 0 saturated carbocycles. The van der Waals surface area contributed by atoms with Crippen LogP contribution in [0.4, 0.5) is 0 Å². The van der Waals surface area contributed by atoms with E-state index in [1.165, 1.54) is 0 Å². The lowest BCUT2D eigenvalue weighted by atomic mass is 10.2. The van der Waals surface area contributed by atoms with E-state index in [1.807, 2.05) is 30.3 Å². The van der Waals surface area contributed by atoms with Crippen LogP contribution in [-0.4, -0.2) is 14.9 Å². The SMILES string of the molecule is N#Cc1nn(Cc2ccccc2)c2c1C=C(O)C2. The van der Waals surface area contributed by atoms with Gasteiger partial charge in [0.2, 0.25) is 0 Å². The normalized spacial score (nSPS) is 12.9. The zero-order valence-electron chi connectivity index (χ0n) is 9.67. The molecule has 0 aliphatic heterocycles. The van der Waals surface area contributed by atoms with Crippen molar-refractivity contribution in [1.82, 2.24) is 9.78 Å². The molecule has 4 nitrogen and oxygen atoms in total. The molecule has 2 aromatic rings. The third-order valence-corrected chi connectivity index (χ3v) is 3.04. The minimum atomic E-state index is 0.292. The summed E-state index contributed by atoms with van der Waals surface area (Å²) in [5.41, 5.74) is 3.17. The van der Waals surface area contributed by atoms with E-state index in [2.05, 4.69) is 11.2 Å². The van der Waals surface area contributed by atoms with Crippen LogP contribution >= 0.6 is 0 Å². The lowest BCUT2D eigenvalue weighted by Gasteiger charge is -2.05. The summed E-state index contributed by atoms with van der Waals surface area (Å²) in [5.74, 6) is 0.292. The molecule has 88 valence electrons. The average Bonchev–Trinajstić information content (AvgIpc) is 2.90. The number of hydrogen-bond donors (Lipinski definition) is 1. The Kier molecular flexibility index (Phi) is 2.38. The van der Waals surface area contributed by atoms with Crippen molar-refractivity contribution in [1.29, 1.82) is 5.26 Å². The number of benzene rings is 1. The summed E-state index contributed by atoms with van der Waals surface area (Å²) < 4.78 is 1.79. The Labute approximate surface area is 104 Å². The number of aliphatic hydroxyl groups excluding tert-OH is 1. The smallest absolute Gasteiger partial charge is 0.170 e. The van der Waals surface area contributed by atoms with Gasteiger partial charge in [-0.05, 0) is 11.6 Å². The Balaban J connectivity index is 2.00. The van der Waals surface area contributed by atoms with Crippen molar-refractivity contribution >= 4 is 6.08 Å². The Morgan fingerprint density at radius 1 is 1.33 bits per heavy atom. The zero-order chi connectivity index (χ0) is 12.5. The molecule has 1 heterocycles. The number of hydrogen-bond acceptors (Lipinski definition) is 3. The van der Waals surface area contributed by atoms with Crippen molar-refractivity contribution in [2.24, 2.45) is 0 Å². The summed E-state index contributed by atoms with van der Waals surface area (Å²) in [7, 11) is 0. The molecule has 0 unspecified atom stereocenters. The van der Waals surface area contributed by atoms with E-state index < -0.39 is 0 Å². The van der Waals surface area contributed by atoms with E-state index in [-0.39, 0.29) is 0 Å². The minimum absolute atomic E-state index is 0.292. The molecule has 0 radical (unpaired) electrons. The molecular weight excluding hydrogens is 226 g/mol. The monoisotopic (exact) mass is 237 g/mol. The van der Waals surface area contributed by atoms with Crippen molar-refractivity contribution in [2.75, 3.05) is 0 Å². The second-order valence-corrected chi connectivity index (χ2v) is 4.28. The van der Waals surface area contributed by atoms with Crippen LogP contribution in [0.25, 0.3) is 6.08 Å². The molecule has 3 rings (SSSR count). The van der Waals surface area contributed by atoms with Gasteiger partial charge in [0.1, 0.15) is 6.07 Å². The van der Waals surface area contributed by atoms with Gasteiger partial charge in [0, 0.05) is 12.0 Å². The van der Waals surface area contributed by atoms with Gasteiger partial charge >= 0.3 is 0 Å². The van der Waals surface area contributed by atoms with Crippen LogP contribution in [0.3, 0.4) is 0 Å². The van der Waals surface area contributed by atoms with Gasteiger partial charge in [-0.2, -0.15) is 10.4 Å². The van der Waals surface area contributed by atoms with Gasteiger partial charge in [-0.15, -0.1) is 0 Å². The van der Waals surface area contributed by atoms with Crippen LogP contribution in [0.2, 0.25) is 0 Å². The van der Waals surface area contributed by atoms with E-state index >= 15 is 0 Å². The third kappa shape index (κ3) is 1.66. The van der Waals surface area contributed by atoms with Gasteiger partial charge < -0.3 is 5.11 Å². The van der Waals surface area contributed by atoms with Crippen LogP contribution in [0, 0.1) is 11.3 Å². The predicted molar refractivity (Wildman–Crippen MR) is 66.8 cm³/mol. The fourth-order valence-electron chi connectivity index (χ4n) is 2.21. The molecule has 1 aromatic heterocycles. The number of aromatic nitrogens is 2. The molecule has 0 bridgehead atoms. The Bertz CT molecular complexity index is 662. The summed E-state index contributed by atoms with van der Waals surface area (Å²) >= 11 is 0. The summed E-state index contributed by atoms with van der Waals surface area (Å²) in [5, 5.41) is 22.9. The number of nitrogens with zero attached hydrogens (tertiary/aromatic N) is 3. The fourth-order valence-corrected chi connectivity index (χ4v) is 2.21. The summed E-state index contributed by atoms with van der Waals surface area (Å²) in [6.45, 7) is 0.617. The first-order chi connectivity index (χ1) is 8.78. The van der Waals surface area contributed by atoms with Gasteiger partial charge in [0.05, 0.1) is 18.0 Å². The quantitative estimate of drug-likeness (QED) is 0.871. The first kappa shape index (κ1) is 10.6. The van der Waals surface area contributed by atoms with Gasteiger partial charge in [0.15, 0.2) is 5.69 Å². The van der Waals surface area contributed by atoms with Gasteiger partial charge in [-0.1, -0.05) is 30.3 Å². The minimum Gasteiger partial charge on any atom is -0.512 e. The second-order valence-electron chi connectivity index (χ2n) is 4.28. The van der Waals surface area contributed by atoms with Crippen LogP contribution in [-0.2, 0) is 13.0 Å². The largest absolute Gasteiger partial charge is 0.512 e. The number of fused-ring (bicyclic) bond motifs is 1. The molecule has 0 saturated heterocycles. The lowest BCUT2D eigenvalue weighted by Crippen LogP contribution is -2.06. The van der Waals surface area contributed by atoms with Crippen molar-refractivity contribution in [2.45, 2.75) is 13.0 Å². The van der Waals surface area contributed by atoms with E-state index in [9.17, 15) is 5.11 Å². The number of nitriles is 1. The lowest BCUT2D eigenvalue weighted by molar-refractivity contribution is 0.403. The number of rotatable bonds is 2. The van der Waals surface area contributed by atoms with Crippen molar-refractivity contribution < 1.29 is 5.11 Å². The van der Waals surface area contributed by atoms with Crippen molar-refractivity contribution in [3.05, 3.63) is 58.6 Å². The van der Waals surface area contributed by atoms with Crippen LogP contribution < -0.4 is 0 Å². The van der Waals surface area contributed by atoms with Crippen LogP contribution in [0.1, 0.15) is 22.5 Å². The zero-order valence-corrected chi connectivity index (χ0v) is 9.67. The standard InChI is InChI=1S/C14H11N3O/c15-8-13-12-6-11(18)7-14(12)17(16-13)9-10-4-2-1-3-5-10/h1-6,18H,7,9H2. The number of aliphatic hydroxyl groups is 1. The van der Waals surface area contributed by atoms with E-state index in [0.29, 0.717) is 24.4 Å². The molecule has 0 amide bonds. The first-order valence-electron chi connectivity index (χ1n) is 5.71. The molecule has 0 fully saturated rings. The second kappa shape index (κ2) is 4.04. The maximum atomic E-state index is 9.56. The summed E-state index contributed by atoms with van der Waals surface area (Å²) in [6.07, 6.45) is 2.08. The molecular formula is C14H11N3O. The molecule has 4 heteroatoms. The van der Waals surface area contributed by atoms with Crippen molar-refractivity contribution in [3.63, 3.8) is 0 Å². The summed E-state index contributed by atoms with van der Waals surface area (Å²) in [6, 6.07) is 12.0. The molecule has 18 heavy (non-hydrogen) atoms. The van der Waals surface area contributed by atoms with Gasteiger partial charge in [0.25, 0.3) is 0 Å². The maximum Gasteiger partial charge on any atom is 0.170 e. The molecule has 1 N–H and O–H groups in total. The summed E-state index contributed by atoms with van der Waals surface area (Å²) in [4.78, 5) is 0. The molecule has 1 aliphatic rings. The fraction of sp³-hybridized carbons (Fsp3) is 0.143. The molecule has 0 spiro atoms. The highest BCUT2D eigenvalue weighted by atomic mass is 16.3. The van der Waals surface area contributed by atoms with Gasteiger partial charge in [-0.3, -0.25) is 4.68 Å². The average molecular weight is 237 g/mol. The van der Waals surface area contributed by atoms with E-state index in [4.69, 9.17) is 5.26 Å². The highest BCUT2D eigenvalue weighted by molar-refractivity contribution is 5.65. The highest BCUT2D eigenvalue weighted by Crippen LogP contribution is 2.26. The van der Waals surface area contributed by atoms with E-state index in [1.54, 1.807) is 10.8 Å². The predicted octanol–water partition coefficient (Wildman–Crippen LogP) is 2.26. The highest BCUT2D eigenvalue weighted by Gasteiger charge is 2.22. The molecule has 1 aromatic carbocycles. The van der Waals surface area contributed by atoms with Crippen molar-refractivity contribution in [3.8, 4) is 6.07 Å².